The molecule has 0 radical (unpaired) electrons. The first-order valence-electron chi connectivity index (χ1n) is 9.84. The molecule has 4 rings (SSSR count). The van der Waals surface area contributed by atoms with E-state index in [2.05, 4.69) is 20.4 Å². The summed E-state index contributed by atoms with van der Waals surface area (Å²) >= 11 is 5.57. The molecule has 1 saturated heterocycles. The monoisotopic (exact) mass is 448 g/mol. The average Bonchev–Trinajstić information content (AvgIpc) is 3.43. The van der Waals surface area contributed by atoms with Crippen LogP contribution in [0.5, 0.6) is 5.88 Å². The lowest BCUT2D eigenvalue weighted by atomic mass is 10.1. The number of ether oxygens (including phenoxy) is 1. The van der Waals surface area contributed by atoms with Crippen molar-refractivity contribution in [2.24, 2.45) is 0 Å². The molecule has 0 bridgehead atoms. The van der Waals surface area contributed by atoms with Gasteiger partial charge in [-0.1, -0.05) is 0 Å². The lowest BCUT2D eigenvalue weighted by Gasteiger charge is -2.26. The van der Waals surface area contributed by atoms with E-state index in [9.17, 15) is 14.3 Å². The highest BCUT2D eigenvalue weighted by Gasteiger charge is 2.31. The molecule has 1 aliphatic rings. The minimum absolute atomic E-state index is 0.0200. The van der Waals surface area contributed by atoms with E-state index >= 15 is 0 Å². The second-order valence-corrected chi connectivity index (χ2v) is 7.54. The Morgan fingerprint density at radius 1 is 1.48 bits per heavy atom. The molecule has 2 N–H and O–H groups in total. The number of nitrogens with one attached hydrogen (secondary N) is 1. The smallest absolute Gasteiger partial charge is 0.256 e. The second kappa shape index (κ2) is 9.03. The number of rotatable bonds is 7. The standard InChI is InChI=1S/C20H22ClFN6O3/c1-31-20-14(7-12(22)9-24-20)16-3-2-5-27(16)17-4-6-28-18(26-17)15(11-25-28)19(30)23-10-13(29)8-21/h4,6-7,9,11,13,16,29H,2-3,5,8,10H2,1H3,(H,23,30). The first-order chi connectivity index (χ1) is 15.0. The number of hydrogen-bond acceptors (Lipinski definition) is 7. The lowest BCUT2D eigenvalue weighted by Crippen LogP contribution is -2.33. The van der Waals surface area contributed by atoms with Gasteiger partial charge < -0.3 is 20.1 Å². The normalized spacial score (nSPS) is 17.2. The summed E-state index contributed by atoms with van der Waals surface area (Å²) in [5.74, 6) is 0.197. The fraction of sp³-hybridized carbons (Fsp3) is 0.400. The molecule has 2 atom stereocenters. The Bertz CT molecular complexity index is 1090. The Kier molecular flexibility index (Phi) is 6.19. The molecule has 0 aromatic carbocycles. The first kappa shape index (κ1) is 21.3. The molecule has 3 aromatic rings. The van der Waals surface area contributed by atoms with Crippen molar-refractivity contribution in [2.45, 2.75) is 25.0 Å². The summed E-state index contributed by atoms with van der Waals surface area (Å²) in [5, 5.41) is 16.4. The largest absolute Gasteiger partial charge is 0.481 e. The van der Waals surface area contributed by atoms with Crippen molar-refractivity contribution in [1.29, 1.82) is 0 Å². The van der Waals surface area contributed by atoms with Gasteiger partial charge in [0.25, 0.3) is 5.91 Å². The van der Waals surface area contributed by atoms with Crippen molar-refractivity contribution >= 4 is 29.0 Å². The summed E-state index contributed by atoms with van der Waals surface area (Å²) in [5.41, 5.74) is 1.32. The zero-order chi connectivity index (χ0) is 22.0. The molecule has 1 aliphatic heterocycles. The zero-order valence-corrected chi connectivity index (χ0v) is 17.6. The van der Waals surface area contributed by atoms with Crippen molar-refractivity contribution in [1.82, 2.24) is 24.9 Å². The molecule has 0 aliphatic carbocycles. The van der Waals surface area contributed by atoms with E-state index < -0.39 is 17.8 Å². The average molecular weight is 449 g/mol. The molecular formula is C20H22ClFN6O3. The zero-order valence-electron chi connectivity index (χ0n) is 16.8. The van der Waals surface area contributed by atoms with E-state index in [1.54, 1.807) is 12.3 Å². The summed E-state index contributed by atoms with van der Waals surface area (Å²) in [6.07, 6.45) is 5.12. The number of aliphatic hydroxyl groups is 1. The van der Waals surface area contributed by atoms with E-state index in [0.29, 0.717) is 29.5 Å². The van der Waals surface area contributed by atoms with Gasteiger partial charge in [0.2, 0.25) is 5.88 Å². The molecule has 1 amide bonds. The number of methoxy groups -OCH3 is 1. The highest BCUT2D eigenvalue weighted by atomic mass is 35.5. The molecule has 1 fully saturated rings. The fourth-order valence-corrected chi connectivity index (χ4v) is 3.86. The molecule has 3 aromatic heterocycles. The topological polar surface area (TPSA) is 105 Å². The predicted molar refractivity (Wildman–Crippen MR) is 112 cm³/mol. The van der Waals surface area contributed by atoms with Crippen LogP contribution in [-0.4, -0.2) is 62.8 Å². The van der Waals surface area contributed by atoms with Gasteiger partial charge in [-0.3, -0.25) is 4.79 Å². The first-order valence-corrected chi connectivity index (χ1v) is 10.4. The Balaban J connectivity index is 1.65. The van der Waals surface area contributed by atoms with Crippen LogP contribution < -0.4 is 15.0 Å². The molecular weight excluding hydrogens is 427 g/mol. The van der Waals surface area contributed by atoms with Gasteiger partial charge in [0, 0.05) is 24.8 Å². The Hall–Kier alpha value is -2.98. The Morgan fingerprint density at radius 3 is 3.10 bits per heavy atom. The van der Waals surface area contributed by atoms with Gasteiger partial charge in [-0.05, 0) is 25.0 Å². The molecule has 4 heterocycles. The van der Waals surface area contributed by atoms with Gasteiger partial charge in [0.15, 0.2) is 5.65 Å². The van der Waals surface area contributed by atoms with Crippen molar-refractivity contribution in [3.8, 4) is 5.88 Å². The number of anilines is 1. The number of aromatic nitrogens is 4. The fourth-order valence-electron chi connectivity index (χ4n) is 3.76. The van der Waals surface area contributed by atoms with E-state index in [1.165, 1.54) is 23.9 Å². The molecule has 2 unspecified atom stereocenters. The van der Waals surface area contributed by atoms with E-state index in [1.807, 2.05) is 4.90 Å². The highest BCUT2D eigenvalue weighted by Crippen LogP contribution is 2.38. The maximum absolute atomic E-state index is 13.9. The van der Waals surface area contributed by atoms with E-state index in [-0.39, 0.29) is 24.0 Å². The van der Waals surface area contributed by atoms with Crippen molar-refractivity contribution in [3.63, 3.8) is 0 Å². The second-order valence-electron chi connectivity index (χ2n) is 7.23. The van der Waals surface area contributed by atoms with Gasteiger partial charge in [-0.2, -0.15) is 5.10 Å². The lowest BCUT2D eigenvalue weighted by molar-refractivity contribution is 0.0927. The molecule has 31 heavy (non-hydrogen) atoms. The molecule has 0 spiro atoms. The highest BCUT2D eigenvalue weighted by molar-refractivity contribution is 6.18. The summed E-state index contributed by atoms with van der Waals surface area (Å²) in [7, 11) is 1.51. The Morgan fingerprint density at radius 2 is 2.32 bits per heavy atom. The van der Waals surface area contributed by atoms with Crippen LogP contribution >= 0.6 is 11.6 Å². The van der Waals surface area contributed by atoms with Gasteiger partial charge in [-0.15, -0.1) is 11.6 Å². The molecule has 164 valence electrons. The SMILES string of the molecule is COc1ncc(F)cc1C1CCCN1c1ccn2ncc(C(=O)NCC(O)CCl)c2n1. The number of aliphatic hydroxyl groups excluding tert-OH is 1. The number of carbonyl (C=O) groups excluding carboxylic acids is 1. The van der Waals surface area contributed by atoms with Gasteiger partial charge in [0.1, 0.15) is 17.2 Å². The van der Waals surface area contributed by atoms with Gasteiger partial charge >= 0.3 is 0 Å². The minimum atomic E-state index is -0.837. The van der Waals surface area contributed by atoms with Crippen LogP contribution in [0.1, 0.15) is 34.8 Å². The third-order valence-electron chi connectivity index (χ3n) is 5.22. The number of carbonyl (C=O) groups is 1. The maximum atomic E-state index is 13.9. The van der Waals surface area contributed by atoms with E-state index in [4.69, 9.17) is 16.3 Å². The van der Waals surface area contributed by atoms with Gasteiger partial charge in [0.05, 0.1) is 37.5 Å². The van der Waals surface area contributed by atoms with Crippen LogP contribution in [0.15, 0.2) is 30.7 Å². The van der Waals surface area contributed by atoms with Crippen molar-refractivity contribution in [3.05, 3.63) is 47.7 Å². The number of amides is 1. The van der Waals surface area contributed by atoms with Crippen molar-refractivity contribution in [2.75, 3.05) is 31.0 Å². The van der Waals surface area contributed by atoms with Crippen molar-refractivity contribution < 1.29 is 19.0 Å². The van der Waals surface area contributed by atoms with Crippen LogP contribution in [0.25, 0.3) is 5.65 Å². The van der Waals surface area contributed by atoms with Gasteiger partial charge in [-0.25, -0.2) is 18.9 Å². The summed E-state index contributed by atoms with van der Waals surface area (Å²) in [6.45, 7) is 0.741. The maximum Gasteiger partial charge on any atom is 0.256 e. The quantitative estimate of drug-likeness (QED) is 0.532. The predicted octanol–water partition coefficient (Wildman–Crippen LogP) is 1.94. The summed E-state index contributed by atoms with van der Waals surface area (Å²) in [4.78, 5) is 23.3. The molecule has 11 heteroatoms. The summed E-state index contributed by atoms with van der Waals surface area (Å²) in [6, 6.07) is 3.08. The molecule has 0 saturated carbocycles. The molecule has 9 nitrogen and oxygen atoms in total. The van der Waals surface area contributed by atoms with Crippen LogP contribution in [0.3, 0.4) is 0 Å². The van der Waals surface area contributed by atoms with Crippen LogP contribution in [0, 0.1) is 5.82 Å². The summed E-state index contributed by atoms with van der Waals surface area (Å²) < 4.78 is 20.7. The number of alkyl halides is 1. The minimum Gasteiger partial charge on any atom is -0.481 e. The number of pyridine rings is 1. The number of hydrogen-bond donors (Lipinski definition) is 2. The van der Waals surface area contributed by atoms with E-state index in [0.717, 1.165) is 19.0 Å². The third kappa shape index (κ3) is 4.26. The number of fused-ring (bicyclic) bond motifs is 1. The number of halogens is 2. The third-order valence-corrected chi connectivity index (χ3v) is 5.58. The number of nitrogens with zero attached hydrogens (tertiary/aromatic N) is 5. The Labute approximate surface area is 182 Å². The van der Waals surface area contributed by atoms with Crippen LogP contribution in [0.2, 0.25) is 0 Å². The van der Waals surface area contributed by atoms with Crippen LogP contribution in [0.4, 0.5) is 10.2 Å². The van der Waals surface area contributed by atoms with Crippen LogP contribution in [-0.2, 0) is 0 Å².